The molecule has 4 aliphatic rings. The third-order valence-electron chi connectivity index (χ3n) is 5.93. The number of rotatable bonds is 8. The molecular weight excluding hydrogens is 369 g/mol. The van der Waals surface area contributed by atoms with Crippen LogP contribution in [0.1, 0.15) is 38.5 Å². The first kappa shape index (κ1) is 18.3. The SMILES string of the molecule is C=N/C(=C\NC12CC(NC(=O)COc3ccc(Cl)c(F)c3)(C1)C2)C1CCC1. The summed E-state index contributed by atoms with van der Waals surface area (Å²) in [6, 6.07) is 4.12. The van der Waals surface area contributed by atoms with E-state index >= 15 is 0 Å². The van der Waals surface area contributed by atoms with Crippen molar-refractivity contribution in [1.29, 1.82) is 0 Å². The van der Waals surface area contributed by atoms with E-state index in [9.17, 15) is 9.18 Å². The number of aliphatic imine (C=N–C) groups is 1. The maximum absolute atomic E-state index is 13.4. The number of hydrogen-bond donors (Lipinski definition) is 2. The Morgan fingerprint density at radius 2 is 2.11 bits per heavy atom. The summed E-state index contributed by atoms with van der Waals surface area (Å²) in [6.07, 6.45) is 8.35. The van der Waals surface area contributed by atoms with Crippen LogP contribution in [0, 0.1) is 11.7 Å². The van der Waals surface area contributed by atoms with Gasteiger partial charge in [-0.1, -0.05) is 18.0 Å². The Bertz CT molecular complexity index is 787. The lowest BCUT2D eigenvalue weighted by molar-refractivity contribution is -0.141. The van der Waals surface area contributed by atoms with Gasteiger partial charge in [0, 0.05) is 29.3 Å². The monoisotopic (exact) mass is 391 g/mol. The van der Waals surface area contributed by atoms with Crippen LogP contribution in [0.3, 0.4) is 0 Å². The molecule has 0 radical (unpaired) electrons. The van der Waals surface area contributed by atoms with E-state index in [1.54, 1.807) is 0 Å². The number of carbonyl (C=O) groups excluding carboxylic acids is 1. The number of amides is 1. The number of ether oxygens (including phenoxy) is 1. The number of nitrogens with one attached hydrogen (secondary N) is 2. The molecule has 4 saturated carbocycles. The normalized spacial score (nSPS) is 29.0. The minimum Gasteiger partial charge on any atom is -0.484 e. The first-order chi connectivity index (χ1) is 12.9. The molecule has 0 unspecified atom stereocenters. The van der Waals surface area contributed by atoms with Crippen LogP contribution in [0.25, 0.3) is 0 Å². The quantitative estimate of drug-likeness (QED) is 0.666. The Hall–Kier alpha value is -2.08. The molecule has 0 heterocycles. The van der Waals surface area contributed by atoms with Gasteiger partial charge in [-0.2, -0.15) is 0 Å². The van der Waals surface area contributed by atoms with Crippen LogP contribution in [0.4, 0.5) is 4.39 Å². The van der Waals surface area contributed by atoms with Crippen molar-refractivity contribution in [2.24, 2.45) is 10.9 Å². The predicted octanol–water partition coefficient (Wildman–Crippen LogP) is 3.58. The van der Waals surface area contributed by atoms with Crippen molar-refractivity contribution in [1.82, 2.24) is 10.6 Å². The molecule has 0 aliphatic heterocycles. The molecule has 2 N–H and O–H groups in total. The van der Waals surface area contributed by atoms with E-state index in [4.69, 9.17) is 16.3 Å². The summed E-state index contributed by atoms with van der Waals surface area (Å²) in [5, 5.41) is 6.57. The van der Waals surface area contributed by atoms with Crippen molar-refractivity contribution < 1.29 is 13.9 Å². The van der Waals surface area contributed by atoms with Gasteiger partial charge in [0.15, 0.2) is 6.61 Å². The molecule has 2 bridgehead atoms. The Labute approximate surface area is 163 Å². The van der Waals surface area contributed by atoms with Gasteiger partial charge in [0.05, 0.1) is 10.7 Å². The maximum Gasteiger partial charge on any atom is 0.258 e. The number of benzene rings is 1. The van der Waals surface area contributed by atoms with E-state index in [-0.39, 0.29) is 34.4 Å². The second-order valence-electron chi connectivity index (χ2n) is 8.00. The summed E-state index contributed by atoms with van der Waals surface area (Å²) >= 11 is 5.63. The van der Waals surface area contributed by atoms with E-state index in [0.29, 0.717) is 5.92 Å². The minimum atomic E-state index is -0.564. The fourth-order valence-electron chi connectivity index (χ4n) is 4.34. The summed E-state index contributed by atoms with van der Waals surface area (Å²) in [6.45, 7) is 3.53. The number of allylic oxidation sites excluding steroid dienone is 1. The molecule has 1 aromatic rings. The lowest BCUT2D eigenvalue weighted by Crippen LogP contribution is -2.82. The molecule has 0 spiro atoms. The van der Waals surface area contributed by atoms with Crippen LogP contribution in [0.2, 0.25) is 5.02 Å². The minimum absolute atomic E-state index is 0.0274. The number of carbonyl (C=O) groups is 1. The molecule has 5 rings (SSSR count). The molecule has 27 heavy (non-hydrogen) atoms. The molecule has 0 saturated heterocycles. The average molecular weight is 392 g/mol. The van der Waals surface area contributed by atoms with Crippen molar-refractivity contribution in [2.75, 3.05) is 6.61 Å². The zero-order chi connectivity index (χ0) is 19.1. The fourth-order valence-corrected chi connectivity index (χ4v) is 4.46. The number of halogens is 2. The summed E-state index contributed by atoms with van der Waals surface area (Å²) < 4.78 is 18.7. The number of hydrogen-bond acceptors (Lipinski definition) is 4. The van der Waals surface area contributed by atoms with Crippen molar-refractivity contribution in [2.45, 2.75) is 49.6 Å². The highest BCUT2D eigenvalue weighted by molar-refractivity contribution is 6.30. The van der Waals surface area contributed by atoms with Crippen LogP contribution in [-0.2, 0) is 4.79 Å². The standard InChI is InChI=1S/C20H23ClFN3O2/c1-23-17(13-3-2-4-13)8-24-19-10-20(11-19,12-19)25-18(26)9-27-14-5-6-15(21)16(22)7-14/h5-8,13,24H,1-4,9-12H2,(H,25,26)/b17-8-. The smallest absolute Gasteiger partial charge is 0.258 e. The highest BCUT2D eigenvalue weighted by Gasteiger charge is 2.68. The summed E-state index contributed by atoms with van der Waals surface area (Å²) in [7, 11) is 0. The van der Waals surface area contributed by atoms with Gasteiger partial charge in [-0.15, -0.1) is 0 Å². The number of nitrogens with zero attached hydrogens (tertiary/aromatic N) is 1. The molecule has 4 fully saturated rings. The Balaban J connectivity index is 1.22. The van der Waals surface area contributed by atoms with Crippen molar-refractivity contribution in [3.8, 4) is 5.75 Å². The van der Waals surface area contributed by atoms with Crippen molar-refractivity contribution >= 4 is 24.2 Å². The van der Waals surface area contributed by atoms with E-state index < -0.39 is 5.82 Å². The molecule has 1 aromatic carbocycles. The zero-order valence-electron chi connectivity index (χ0n) is 15.1. The van der Waals surface area contributed by atoms with Gasteiger partial charge < -0.3 is 15.4 Å². The van der Waals surface area contributed by atoms with Gasteiger partial charge in [0.25, 0.3) is 5.91 Å². The summed E-state index contributed by atoms with van der Waals surface area (Å²) in [5.74, 6) is 0.0710. The van der Waals surface area contributed by atoms with E-state index in [2.05, 4.69) is 22.3 Å². The Kier molecular flexibility index (Phi) is 4.62. The molecule has 0 atom stereocenters. The molecule has 0 aromatic heterocycles. The Morgan fingerprint density at radius 1 is 1.37 bits per heavy atom. The fraction of sp³-hybridized carbons (Fsp3) is 0.500. The van der Waals surface area contributed by atoms with Gasteiger partial charge in [0.2, 0.25) is 0 Å². The Morgan fingerprint density at radius 3 is 2.70 bits per heavy atom. The van der Waals surface area contributed by atoms with E-state index in [0.717, 1.165) is 25.0 Å². The zero-order valence-corrected chi connectivity index (χ0v) is 15.8. The van der Waals surface area contributed by atoms with Gasteiger partial charge >= 0.3 is 0 Å². The molecule has 5 nitrogen and oxygen atoms in total. The van der Waals surface area contributed by atoms with Gasteiger partial charge in [-0.3, -0.25) is 9.79 Å². The lowest BCUT2D eigenvalue weighted by atomic mass is 9.44. The maximum atomic E-state index is 13.4. The van der Waals surface area contributed by atoms with Crippen LogP contribution in [-0.4, -0.2) is 30.3 Å². The van der Waals surface area contributed by atoms with Crippen LogP contribution < -0.4 is 15.4 Å². The largest absolute Gasteiger partial charge is 0.484 e. The van der Waals surface area contributed by atoms with Gasteiger partial charge in [-0.25, -0.2) is 4.39 Å². The third kappa shape index (κ3) is 3.55. The molecule has 144 valence electrons. The topological polar surface area (TPSA) is 62.7 Å². The molecule has 4 aliphatic carbocycles. The summed E-state index contributed by atoms with van der Waals surface area (Å²) in [5.41, 5.74) is 0.991. The van der Waals surface area contributed by atoms with Crippen molar-refractivity contribution in [3.63, 3.8) is 0 Å². The lowest BCUT2D eigenvalue weighted by Gasteiger charge is -2.70. The average Bonchev–Trinajstić information content (AvgIpc) is 2.53. The molecule has 1 amide bonds. The molecular formula is C20H23ClFN3O2. The van der Waals surface area contributed by atoms with Crippen molar-refractivity contribution in [3.05, 3.63) is 40.9 Å². The highest BCUT2D eigenvalue weighted by atomic mass is 35.5. The van der Waals surface area contributed by atoms with Crippen LogP contribution in [0.5, 0.6) is 5.75 Å². The van der Waals surface area contributed by atoms with E-state index in [1.165, 1.54) is 37.5 Å². The van der Waals surface area contributed by atoms with E-state index in [1.807, 2.05) is 6.20 Å². The summed E-state index contributed by atoms with van der Waals surface area (Å²) in [4.78, 5) is 16.3. The third-order valence-corrected chi connectivity index (χ3v) is 6.23. The van der Waals surface area contributed by atoms with Gasteiger partial charge in [-0.05, 0) is 51.0 Å². The highest BCUT2D eigenvalue weighted by Crippen LogP contribution is 2.60. The second-order valence-corrected chi connectivity index (χ2v) is 8.41. The second kappa shape index (κ2) is 6.82. The first-order valence-electron chi connectivity index (χ1n) is 9.26. The van der Waals surface area contributed by atoms with Crippen LogP contribution in [0.15, 0.2) is 35.1 Å². The van der Waals surface area contributed by atoms with Crippen LogP contribution >= 0.6 is 11.6 Å². The predicted molar refractivity (Wildman–Crippen MR) is 102 cm³/mol. The molecule has 7 heteroatoms. The van der Waals surface area contributed by atoms with Gasteiger partial charge in [0.1, 0.15) is 11.6 Å². The first-order valence-corrected chi connectivity index (χ1v) is 9.64.